The Morgan fingerprint density at radius 2 is 1.04 bits per heavy atom. The van der Waals surface area contributed by atoms with E-state index in [0.29, 0.717) is 0 Å². The number of hydrogen-bond donors (Lipinski definition) is 0. The molecule has 230 valence electrons. The Hall–Kier alpha value is -6.58. The van der Waals surface area contributed by atoms with E-state index in [1.807, 2.05) is 0 Å². The van der Waals surface area contributed by atoms with Crippen molar-refractivity contribution in [3.63, 3.8) is 0 Å². The summed E-state index contributed by atoms with van der Waals surface area (Å²) in [5.41, 5.74) is 11.0. The molecule has 0 aliphatic heterocycles. The lowest BCUT2D eigenvalue weighted by Gasteiger charge is -2.25. The average Bonchev–Trinajstić information content (AvgIpc) is 3.72. The number of benzene rings is 8. The fourth-order valence-electron chi connectivity index (χ4n) is 7.48. The van der Waals surface area contributed by atoms with Gasteiger partial charge in [0.1, 0.15) is 11.2 Å². The lowest BCUT2D eigenvalue weighted by Crippen LogP contribution is -2.09. The largest absolute Gasteiger partial charge is 0.455 e. The molecule has 2 aromatic heterocycles. The molecule has 0 radical (unpaired) electrons. The van der Waals surface area contributed by atoms with E-state index in [9.17, 15) is 0 Å². The third kappa shape index (κ3) is 4.44. The number of nitrogens with zero attached hydrogens (tertiary/aromatic N) is 2. The van der Waals surface area contributed by atoms with Crippen molar-refractivity contribution in [2.45, 2.75) is 0 Å². The van der Waals surface area contributed by atoms with Gasteiger partial charge in [0.2, 0.25) is 0 Å². The van der Waals surface area contributed by atoms with Gasteiger partial charge >= 0.3 is 0 Å². The molecule has 0 spiro atoms. The molecule has 10 rings (SSSR count). The minimum atomic E-state index is 0.890. The quantitative estimate of drug-likeness (QED) is 0.190. The molecule has 2 heterocycles. The van der Waals surface area contributed by atoms with Crippen LogP contribution < -0.4 is 4.90 Å². The Balaban J connectivity index is 1.07. The zero-order valence-electron chi connectivity index (χ0n) is 26.6. The highest BCUT2D eigenvalue weighted by molar-refractivity contribution is 6.15. The molecule has 0 N–H and O–H groups in total. The van der Waals surface area contributed by atoms with Gasteiger partial charge in [0, 0.05) is 49.7 Å². The van der Waals surface area contributed by atoms with Crippen molar-refractivity contribution in [1.29, 1.82) is 0 Å². The van der Waals surface area contributed by atoms with Crippen LogP contribution in [0.3, 0.4) is 0 Å². The molecule has 8 aromatic carbocycles. The summed E-state index contributed by atoms with van der Waals surface area (Å²) in [5.74, 6) is 0. The fourth-order valence-corrected chi connectivity index (χ4v) is 7.48. The maximum atomic E-state index is 6.44. The van der Waals surface area contributed by atoms with Crippen LogP contribution in [0.2, 0.25) is 0 Å². The van der Waals surface area contributed by atoms with Gasteiger partial charge < -0.3 is 13.9 Å². The average molecular weight is 627 g/mol. The van der Waals surface area contributed by atoms with Crippen LogP contribution >= 0.6 is 0 Å². The Labute approximate surface area is 283 Å². The molecule has 0 aliphatic rings. The van der Waals surface area contributed by atoms with E-state index < -0.39 is 0 Å². The minimum Gasteiger partial charge on any atom is -0.455 e. The number of anilines is 3. The first-order valence-corrected chi connectivity index (χ1v) is 16.7. The molecule has 0 saturated carbocycles. The highest BCUT2D eigenvalue weighted by Crippen LogP contribution is 2.41. The van der Waals surface area contributed by atoms with Gasteiger partial charge in [-0.1, -0.05) is 109 Å². The number of furan rings is 1. The van der Waals surface area contributed by atoms with Gasteiger partial charge in [-0.15, -0.1) is 0 Å². The van der Waals surface area contributed by atoms with Crippen LogP contribution in [-0.4, -0.2) is 4.57 Å². The van der Waals surface area contributed by atoms with E-state index in [-0.39, 0.29) is 0 Å². The maximum absolute atomic E-state index is 6.44. The van der Waals surface area contributed by atoms with E-state index in [4.69, 9.17) is 4.42 Å². The molecule has 0 aliphatic carbocycles. The second-order valence-corrected chi connectivity index (χ2v) is 12.6. The molecule has 0 fully saturated rings. The zero-order valence-corrected chi connectivity index (χ0v) is 26.6. The molecule has 10 aromatic rings. The van der Waals surface area contributed by atoms with Crippen molar-refractivity contribution in [3.05, 3.63) is 182 Å². The van der Waals surface area contributed by atoms with E-state index >= 15 is 0 Å². The van der Waals surface area contributed by atoms with Crippen molar-refractivity contribution < 1.29 is 4.42 Å². The van der Waals surface area contributed by atoms with E-state index in [0.717, 1.165) is 50.1 Å². The van der Waals surface area contributed by atoms with Crippen molar-refractivity contribution >= 4 is 71.6 Å². The van der Waals surface area contributed by atoms with Gasteiger partial charge in [-0.05, 0) is 89.3 Å². The molecule has 3 nitrogen and oxygen atoms in total. The van der Waals surface area contributed by atoms with Gasteiger partial charge in [0.05, 0.1) is 11.0 Å². The normalized spacial score (nSPS) is 11.7. The summed E-state index contributed by atoms with van der Waals surface area (Å²) in [7, 11) is 0. The van der Waals surface area contributed by atoms with Crippen molar-refractivity contribution in [1.82, 2.24) is 4.57 Å². The van der Waals surface area contributed by atoms with Gasteiger partial charge in [0.15, 0.2) is 0 Å². The van der Waals surface area contributed by atoms with Crippen LogP contribution in [0.5, 0.6) is 0 Å². The SMILES string of the molecule is c1ccc(N(c2ccc(-c3cccc(-n4c5ccccc5c5ccccc54)c3)cc2)c2ccc3oc4c5ccccc5ccc4c3c2)cc1. The van der Waals surface area contributed by atoms with E-state index in [1.165, 1.54) is 38.3 Å². The smallest absolute Gasteiger partial charge is 0.143 e. The molecule has 3 heteroatoms. The van der Waals surface area contributed by atoms with Crippen LogP contribution in [0.25, 0.3) is 71.3 Å². The Morgan fingerprint density at radius 3 is 1.82 bits per heavy atom. The van der Waals surface area contributed by atoms with Crippen LogP contribution in [0.15, 0.2) is 186 Å². The van der Waals surface area contributed by atoms with E-state index in [1.54, 1.807) is 0 Å². The Morgan fingerprint density at radius 1 is 0.388 bits per heavy atom. The minimum absolute atomic E-state index is 0.890. The molecule has 0 bridgehead atoms. The summed E-state index contributed by atoms with van der Waals surface area (Å²) < 4.78 is 8.81. The topological polar surface area (TPSA) is 21.3 Å². The van der Waals surface area contributed by atoms with Crippen molar-refractivity contribution in [3.8, 4) is 16.8 Å². The molecule has 0 amide bonds. The standard InChI is InChI=1S/C46H30N2O/c1-2-13-34(14-3-1)47(37-26-28-45-42(30-37)41-27-23-32-11-4-5-16-38(32)46(41)49-45)35-24-21-31(22-25-35)33-12-10-15-36(29-33)48-43-19-8-6-17-39(43)40-18-7-9-20-44(40)48/h1-30H. The first-order chi connectivity index (χ1) is 24.3. The van der Waals surface area contributed by atoms with Gasteiger partial charge in [-0.3, -0.25) is 0 Å². The molecule has 0 unspecified atom stereocenters. The van der Waals surface area contributed by atoms with Crippen molar-refractivity contribution in [2.24, 2.45) is 0 Å². The lowest BCUT2D eigenvalue weighted by molar-refractivity contribution is 0.672. The highest BCUT2D eigenvalue weighted by Gasteiger charge is 2.17. The van der Waals surface area contributed by atoms with Gasteiger partial charge in [-0.2, -0.15) is 0 Å². The molecule has 0 atom stereocenters. The Bertz CT molecular complexity index is 2770. The van der Waals surface area contributed by atoms with E-state index in [2.05, 4.69) is 191 Å². The zero-order chi connectivity index (χ0) is 32.3. The second-order valence-electron chi connectivity index (χ2n) is 12.6. The monoisotopic (exact) mass is 626 g/mol. The van der Waals surface area contributed by atoms with Crippen LogP contribution in [0.4, 0.5) is 17.1 Å². The summed E-state index contributed by atoms with van der Waals surface area (Å²) >= 11 is 0. The first-order valence-electron chi connectivity index (χ1n) is 16.7. The number of hydrogen-bond acceptors (Lipinski definition) is 2. The summed E-state index contributed by atoms with van der Waals surface area (Å²) in [6.07, 6.45) is 0. The second kappa shape index (κ2) is 11.0. The van der Waals surface area contributed by atoms with Crippen molar-refractivity contribution in [2.75, 3.05) is 4.90 Å². The summed E-state index contributed by atoms with van der Waals surface area (Å²) in [6, 6.07) is 64.9. The predicted molar refractivity (Wildman–Crippen MR) is 206 cm³/mol. The number of fused-ring (bicyclic) bond motifs is 8. The maximum Gasteiger partial charge on any atom is 0.143 e. The van der Waals surface area contributed by atoms with Crippen LogP contribution in [0.1, 0.15) is 0 Å². The molecule has 0 saturated heterocycles. The number of aromatic nitrogens is 1. The first kappa shape index (κ1) is 27.5. The third-order valence-corrected chi connectivity index (χ3v) is 9.76. The molecular weight excluding hydrogens is 597 g/mol. The predicted octanol–water partition coefficient (Wildman–Crippen LogP) is 13.0. The molecular formula is C46H30N2O. The number of para-hydroxylation sites is 3. The van der Waals surface area contributed by atoms with Gasteiger partial charge in [-0.25, -0.2) is 0 Å². The fraction of sp³-hybridized carbons (Fsp3) is 0. The highest BCUT2D eigenvalue weighted by atomic mass is 16.3. The number of rotatable bonds is 5. The summed E-state index contributed by atoms with van der Waals surface area (Å²) in [4.78, 5) is 2.32. The summed E-state index contributed by atoms with van der Waals surface area (Å²) in [5, 5.41) is 7.09. The molecule has 49 heavy (non-hydrogen) atoms. The third-order valence-electron chi connectivity index (χ3n) is 9.76. The lowest BCUT2D eigenvalue weighted by atomic mass is 10.0. The van der Waals surface area contributed by atoms with Crippen LogP contribution in [0, 0.1) is 0 Å². The summed E-state index contributed by atoms with van der Waals surface area (Å²) in [6.45, 7) is 0. The van der Waals surface area contributed by atoms with Gasteiger partial charge in [0.25, 0.3) is 0 Å². The van der Waals surface area contributed by atoms with Crippen LogP contribution in [-0.2, 0) is 0 Å². The Kier molecular flexibility index (Phi) is 6.18.